The number of hydrogen-bond donors (Lipinski definition) is 0. The number of ether oxygens (including phenoxy) is 1. The summed E-state index contributed by atoms with van der Waals surface area (Å²) in [5.41, 5.74) is 1.53. The van der Waals surface area contributed by atoms with E-state index in [1.54, 1.807) is 0 Å². The smallest absolute Gasteiger partial charge is 0.347 e. The zero-order chi connectivity index (χ0) is 14.9. The average Bonchev–Trinajstić information content (AvgIpc) is 2.45. The van der Waals surface area contributed by atoms with Crippen molar-refractivity contribution in [2.24, 2.45) is 0 Å². The minimum Gasteiger partial charge on any atom is -0.496 e. The van der Waals surface area contributed by atoms with Crippen LogP contribution in [0.3, 0.4) is 0 Å². The fourth-order valence-electron chi connectivity index (χ4n) is 2.30. The van der Waals surface area contributed by atoms with E-state index in [1.165, 1.54) is 7.11 Å². The Balaban J connectivity index is 2.95. The average molecular weight is 337 g/mol. The molecule has 0 aliphatic rings. The topological polar surface area (TPSA) is 39.4 Å². The van der Waals surface area contributed by atoms with Gasteiger partial charge in [-0.25, -0.2) is 4.79 Å². The van der Waals surface area contributed by atoms with Crippen LogP contribution in [0.2, 0.25) is 0 Å². The molecule has 2 aromatic rings. The minimum absolute atomic E-state index is 0.206. The van der Waals surface area contributed by atoms with Crippen LogP contribution in [-0.2, 0) is 4.74 Å². The Morgan fingerprint density at radius 2 is 2.20 bits per heavy atom. The third kappa shape index (κ3) is 2.40. The van der Waals surface area contributed by atoms with E-state index >= 15 is 0 Å². The molecule has 3 nitrogen and oxygen atoms in total. The lowest BCUT2D eigenvalue weighted by Gasteiger charge is -2.17. The van der Waals surface area contributed by atoms with Gasteiger partial charge in [-0.2, -0.15) is 0 Å². The summed E-state index contributed by atoms with van der Waals surface area (Å²) in [6, 6.07) is 5.74. The van der Waals surface area contributed by atoms with Crippen LogP contribution < -0.4 is 5.63 Å². The standard InChI is InChI=1S/C16H17BrO3/c1-5-9(2)13-11-7-6-8-12(17)15(11)20-16(18)14(13)10(3)19-4/h6-9H,3,5H2,1-2,4H3. The molecule has 1 aromatic heterocycles. The number of benzene rings is 1. The minimum atomic E-state index is -0.411. The molecule has 20 heavy (non-hydrogen) atoms. The van der Waals surface area contributed by atoms with E-state index < -0.39 is 5.63 Å². The Morgan fingerprint density at radius 1 is 1.50 bits per heavy atom. The highest BCUT2D eigenvalue weighted by Crippen LogP contribution is 2.34. The first kappa shape index (κ1) is 14.9. The lowest BCUT2D eigenvalue weighted by molar-refractivity contribution is 0.367. The normalized spacial score (nSPS) is 12.4. The Labute approximate surface area is 126 Å². The molecule has 1 heterocycles. The Kier molecular flexibility index (Phi) is 4.33. The predicted octanol–water partition coefficient (Wildman–Crippen LogP) is 4.69. The summed E-state index contributed by atoms with van der Waals surface area (Å²) < 4.78 is 11.4. The van der Waals surface area contributed by atoms with Crippen molar-refractivity contribution < 1.29 is 9.15 Å². The maximum Gasteiger partial charge on any atom is 0.347 e. The fourth-order valence-corrected chi connectivity index (χ4v) is 2.74. The first-order valence-electron chi connectivity index (χ1n) is 6.49. The van der Waals surface area contributed by atoms with Gasteiger partial charge in [0, 0.05) is 5.39 Å². The largest absolute Gasteiger partial charge is 0.496 e. The maximum absolute atomic E-state index is 12.3. The predicted molar refractivity (Wildman–Crippen MR) is 84.9 cm³/mol. The number of halogens is 1. The Morgan fingerprint density at radius 3 is 2.80 bits per heavy atom. The molecule has 0 radical (unpaired) electrons. The molecule has 0 amide bonds. The lowest BCUT2D eigenvalue weighted by atomic mass is 9.91. The zero-order valence-electron chi connectivity index (χ0n) is 11.8. The fraction of sp³-hybridized carbons (Fsp3) is 0.312. The van der Waals surface area contributed by atoms with Gasteiger partial charge in [0.15, 0.2) is 5.58 Å². The van der Waals surface area contributed by atoms with E-state index in [-0.39, 0.29) is 5.92 Å². The van der Waals surface area contributed by atoms with Crippen LogP contribution in [-0.4, -0.2) is 7.11 Å². The second kappa shape index (κ2) is 5.83. The third-order valence-electron chi connectivity index (χ3n) is 3.56. The van der Waals surface area contributed by atoms with E-state index in [0.717, 1.165) is 21.8 Å². The highest BCUT2D eigenvalue weighted by atomic mass is 79.9. The molecule has 0 bridgehead atoms. The molecule has 1 aromatic carbocycles. The van der Waals surface area contributed by atoms with Crippen molar-refractivity contribution in [3.05, 3.63) is 50.8 Å². The molecule has 0 aliphatic carbocycles. The van der Waals surface area contributed by atoms with Gasteiger partial charge in [-0.1, -0.05) is 32.6 Å². The van der Waals surface area contributed by atoms with Crippen molar-refractivity contribution in [2.45, 2.75) is 26.2 Å². The van der Waals surface area contributed by atoms with Crippen molar-refractivity contribution in [2.75, 3.05) is 7.11 Å². The van der Waals surface area contributed by atoms with Crippen molar-refractivity contribution in [1.29, 1.82) is 0 Å². The van der Waals surface area contributed by atoms with Crippen LogP contribution in [0.4, 0.5) is 0 Å². The molecule has 0 spiro atoms. The molecule has 0 saturated heterocycles. The molecule has 0 N–H and O–H groups in total. The highest BCUT2D eigenvalue weighted by molar-refractivity contribution is 9.10. The molecule has 4 heteroatoms. The summed E-state index contributed by atoms with van der Waals surface area (Å²) in [4.78, 5) is 12.3. The first-order valence-corrected chi connectivity index (χ1v) is 7.29. The SMILES string of the molecule is C=C(OC)c1c(C(C)CC)c2cccc(Br)c2oc1=O. The maximum atomic E-state index is 12.3. The molecular weight excluding hydrogens is 320 g/mol. The van der Waals surface area contributed by atoms with Gasteiger partial charge in [0.05, 0.1) is 11.6 Å². The van der Waals surface area contributed by atoms with E-state index in [2.05, 4.69) is 36.4 Å². The van der Waals surface area contributed by atoms with Gasteiger partial charge >= 0.3 is 5.63 Å². The van der Waals surface area contributed by atoms with Gasteiger partial charge in [-0.15, -0.1) is 0 Å². The van der Waals surface area contributed by atoms with E-state index in [4.69, 9.17) is 9.15 Å². The molecule has 106 valence electrons. The van der Waals surface area contributed by atoms with Gasteiger partial charge in [0.2, 0.25) is 0 Å². The number of fused-ring (bicyclic) bond motifs is 1. The highest BCUT2D eigenvalue weighted by Gasteiger charge is 2.22. The monoisotopic (exact) mass is 336 g/mol. The second-order valence-corrected chi connectivity index (χ2v) is 5.59. The molecule has 0 aliphatic heterocycles. The molecular formula is C16H17BrO3. The van der Waals surface area contributed by atoms with Gasteiger partial charge in [0.25, 0.3) is 0 Å². The Hall–Kier alpha value is -1.55. The zero-order valence-corrected chi connectivity index (χ0v) is 13.4. The molecule has 0 fully saturated rings. The lowest BCUT2D eigenvalue weighted by Crippen LogP contribution is -2.13. The summed E-state index contributed by atoms with van der Waals surface area (Å²) in [5.74, 6) is 0.550. The van der Waals surface area contributed by atoms with Gasteiger partial charge in [-0.05, 0) is 39.9 Å². The van der Waals surface area contributed by atoms with Crippen LogP contribution in [0.15, 0.2) is 38.5 Å². The summed E-state index contributed by atoms with van der Waals surface area (Å²) in [5, 5.41) is 0.918. The van der Waals surface area contributed by atoms with E-state index in [1.807, 2.05) is 18.2 Å². The summed E-state index contributed by atoms with van der Waals surface area (Å²) in [6.07, 6.45) is 0.912. The van der Waals surface area contributed by atoms with Crippen molar-refractivity contribution in [3.8, 4) is 0 Å². The quantitative estimate of drug-likeness (QED) is 0.600. The summed E-state index contributed by atoms with van der Waals surface area (Å²) in [6.45, 7) is 7.99. The van der Waals surface area contributed by atoms with Crippen LogP contribution in [0.25, 0.3) is 16.7 Å². The molecule has 1 unspecified atom stereocenters. The van der Waals surface area contributed by atoms with E-state index in [9.17, 15) is 4.79 Å². The van der Waals surface area contributed by atoms with Gasteiger partial charge in [-0.3, -0.25) is 0 Å². The van der Waals surface area contributed by atoms with Crippen molar-refractivity contribution >= 4 is 32.7 Å². The third-order valence-corrected chi connectivity index (χ3v) is 4.18. The van der Waals surface area contributed by atoms with Crippen LogP contribution >= 0.6 is 15.9 Å². The molecule has 0 saturated carbocycles. The van der Waals surface area contributed by atoms with Gasteiger partial charge < -0.3 is 9.15 Å². The first-order chi connectivity index (χ1) is 9.51. The second-order valence-electron chi connectivity index (χ2n) is 4.73. The van der Waals surface area contributed by atoms with Gasteiger partial charge in [0.1, 0.15) is 11.3 Å². The van der Waals surface area contributed by atoms with Crippen LogP contribution in [0, 0.1) is 0 Å². The molecule has 1 atom stereocenters. The summed E-state index contributed by atoms with van der Waals surface area (Å²) >= 11 is 3.43. The van der Waals surface area contributed by atoms with Crippen molar-refractivity contribution in [1.82, 2.24) is 0 Å². The number of methoxy groups -OCH3 is 1. The Bertz CT molecular complexity index is 715. The number of hydrogen-bond acceptors (Lipinski definition) is 3. The van der Waals surface area contributed by atoms with Crippen LogP contribution in [0.1, 0.15) is 37.3 Å². The molecule has 2 rings (SSSR count). The van der Waals surface area contributed by atoms with Crippen LogP contribution in [0.5, 0.6) is 0 Å². The number of rotatable bonds is 4. The number of para-hydroxylation sites is 1. The van der Waals surface area contributed by atoms with E-state index in [0.29, 0.717) is 16.9 Å². The van der Waals surface area contributed by atoms with Crippen molar-refractivity contribution in [3.63, 3.8) is 0 Å². The summed E-state index contributed by atoms with van der Waals surface area (Å²) in [7, 11) is 1.51.